The molecule has 1 aromatic carbocycles. The van der Waals surface area contributed by atoms with Crippen molar-refractivity contribution in [3.63, 3.8) is 0 Å². The molecule has 3 rings (SSSR count). The Morgan fingerprint density at radius 1 is 1.23 bits per heavy atom. The molecule has 2 heterocycles. The van der Waals surface area contributed by atoms with E-state index in [2.05, 4.69) is 20.5 Å². The Labute approximate surface area is 143 Å². The molecule has 0 amide bonds. The van der Waals surface area contributed by atoms with Crippen LogP contribution in [-0.2, 0) is 16.9 Å². The van der Waals surface area contributed by atoms with E-state index in [1.807, 2.05) is 0 Å². The first-order chi connectivity index (χ1) is 12.2. The lowest BCUT2D eigenvalue weighted by Crippen LogP contribution is -2.54. The maximum Gasteiger partial charge on any atom is 0.323 e. The normalized spacial score (nSPS) is 17.1. The van der Waals surface area contributed by atoms with Crippen molar-refractivity contribution in [3.8, 4) is 0 Å². The molecule has 0 fully saturated rings. The molecule has 1 N–H and O–H groups in total. The number of aromatic nitrogens is 4. The molecule has 7 nitrogen and oxygen atoms in total. The number of dihydropyridines is 1. The largest absolute Gasteiger partial charge is 0.377 e. The third-order valence-electron chi connectivity index (χ3n) is 3.83. The molecule has 1 atom stereocenters. The second-order valence-corrected chi connectivity index (χ2v) is 5.57. The quantitative estimate of drug-likeness (QED) is 0.796. The van der Waals surface area contributed by atoms with Gasteiger partial charge in [0.05, 0.1) is 6.54 Å². The van der Waals surface area contributed by atoms with Crippen molar-refractivity contribution in [1.82, 2.24) is 20.2 Å². The fraction of sp³-hybridized carbons (Fsp3) is 0.267. The monoisotopic (exact) mass is 369 g/mol. The summed E-state index contributed by atoms with van der Waals surface area (Å²) in [4.78, 5) is 14.6. The number of nitrogens with zero attached hydrogens (tertiary/aromatic N) is 5. The van der Waals surface area contributed by atoms with Crippen LogP contribution < -0.4 is 0 Å². The molecule has 1 aliphatic rings. The van der Waals surface area contributed by atoms with Crippen LogP contribution in [0.15, 0.2) is 41.7 Å². The first kappa shape index (κ1) is 17.9. The molecule has 1 unspecified atom stereocenters. The van der Waals surface area contributed by atoms with Crippen LogP contribution in [0.1, 0.15) is 5.56 Å². The molecule has 26 heavy (non-hydrogen) atoms. The van der Waals surface area contributed by atoms with Crippen molar-refractivity contribution in [1.29, 1.82) is 0 Å². The number of benzene rings is 1. The second-order valence-electron chi connectivity index (χ2n) is 5.57. The van der Waals surface area contributed by atoms with Gasteiger partial charge in [-0.25, -0.2) is 13.5 Å². The van der Waals surface area contributed by atoms with Gasteiger partial charge in [0.15, 0.2) is 11.4 Å². The SMILES string of the molecule is O=C1C=CC(C(F)(F)C(O)(Cn2cnnn2)c2ccc(F)cc2F)=NC1. The zero-order valence-electron chi connectivity index (χ0n) is 13.0. The highest BCUT2D eigenvalue weighted by Crippen LogP contribution is 2.42. The van der Waals surface area contributed by atoms with Gasteiger partial charge in [0.1, 0.15) is 30.2 Å². The van der Waals surface area contributed by atoms with Gasteiger partial charge in [-0.15, -0.1) is 5.10 Å². The number of rotatable bonds is 5. The van der Waals surface area contributed by atoms with Crippen molar-refractivity contribution < 1.29 is 27.5 Å². The molecular weight excluding hydrogens is 358 g/mol. The van der Waals surface area contributed by atoms with Gasteiger partial charge in [-0.05, 0) is 34.7 Å². The maximum atomic E-state index is 15.2. The molecule has 0 bridgehead atoms. The number of allylic oxidation sites excluding steroid dienone is 1. The molecule has 136 valence electrons. The highest BCUT2D eigenvalue weighted by molar-refractivity contribution is 6.10. The van der Waals surface area contributed by atoms with Crippen LogP contribution in [0.5, 0.6) is 0 Å². The van der Waals surface area contributed by atoms with Crippen molar-refractivity contribution in [2.24, 2.45) is 4.99 Å². The summed E-state index contributed by atoms with van der Waals surface area (Å²) in [5.74, 6) is -7.02. The average molecular weight is 369 g/mol. The number of carbonyl (C=O) groups is 1. The minimum Gasteiger partial charge on any atom is -0.377 e. The zero-order valence-corrected chi connectivity index (χ0v) is 13.0. The lowest BCUT2D eigenvalue weighted by atomic mass is 9.83. The molecule has 0 saturated carbocycles. The van der Waals surface area contributed by atoms with Crippen molar-refractivity contribution in [3.05, 3.63) is 53.9 Å². The summed E-state index contributed by atoms with van der Waals surface area (Å²) < 4.78 is 58.5. The molecule has 2 aromatic rings. The predicted molar refractivity (Wildman–Crippen MR) is 79.5 cm³/mol. The van der Waals surface area contributed by atoms with E-state index in [1.54, 1.807) is 0 Å². The summed E-state index contributed by atoms with van der Waals surface area (Å²) in [6.45, 7) is -1.48. The topological polar surface area (TPSA) is 93.3 Å². The smallest absolute Gasteiger partial charge is 0.323 e. The van der Waals surface area contributed by atoms with Gasteiger partial charge in [-0.3, -0.25) is 9.79 Å². The van der Waals surface area contributed by atoms with E-state index in [0.29, 0.717) is 12.1 Å². The third-order valence-corrected chi connectivity index (χ3v) is 3.83. The van der Waals surface area contributed by atoms with Gasteiger partial charge in [-0.2, -0.15) is 8.78 Å². The Balaban J connectivity index is 2.13. The summed E-state index contributed by atoms with van der Waals surface area (Å²) in [5, 5.41) is 20.8. The van der Waals surface area contributed by atoms with Gasteiger partial charge in [0.25, 0.3) is 0 Å². The highest BCUT2D eigenvalue weighted by atomic mass is 19.3. The van der Waals surface area contributed by atoms with Gasteiger partial charge in [0, 0.05) is 11.6 Å². The summed E-state index contributed by atoms with van der Waals surface area (Å²) in [6.07, 6.45) is 2.58. The first-order valence-corrected chi connectivity index (χ1v) is 7.26. The van der Waals surface area contributed by atoms with Crippen LogP contribution in [0.3, 0.4) is 0 Å². The molecule has 0 saturated heterocycles. The van der Waals surface area contributed by atoms with Crippen LogP contribution in [-0.4, -0.2) is 49.3 Å². The zero-order chi connectivity index (χ0) is 18.9. The molecule has 0 radical (unpaired) electrons. The fourth-order valence-corrected chi connectivity index (χ4v) is 2.52. The van der Waals surface area contributed by atoms with E-state index in [0.717, 1.165) is 29.2 Å². The summed E-state index contributed by atoms with van der Waals surface area (Å²) in [6, 6.07) is 1.82. The Bertz CT molecular complexity index is 897. The number of halogens is 4. The van der Waals surface area contributed by atoms with E-state index < -0.39 is 53.3 Å². The molecule has 11 heteroatoms. The van der Waals surface area contributed by atoms with E-state index in [-0.39, 0.29) is 0 Å². The molecule has 1 aromatic heterocycles. The molecule has 0 spiro atoms. The van der Waals surface area contributed by atoms with E-state index in [1.165, 1.54) is 0 Å². The van der Waals surface area contributed by atoms with Gasteiger partial charge in [0.2, 0.25) is 0 Å². The van der Waals surface area contributed by atoms with E-state index in [9.17, 15) is 18.7 Å². The number of hydrogen-bond donors (Lipinski definition) is 1. The van der Waals surface area contributed by atoms with Crippen molar-refractivity contribution in [2.75, 3.05) is 6.54 Å². The van der Waals surface area contributed by atoms with Gasteiger partial charge < -0.3 is 5.11 Å². The Hall–Kier alpha value is -2.95. The highest BCUT2D eigenvalue weighted by Gasteiger charge is 2.58. The molecular formula is C15H11F4N5O2. The maximum absolute atomic E-state index is 15.2. The number of carbonyl (C=O) groups excluding carboxylic acids is 1. The number of hydrogen-bond acceptors (Lipinski definition) is 6. The third kappa shape index (κ3) is 3.01. The second kappa shape index (κ2) is 6.41. The van der Waals surface area contributed by atoms with Crippen LogP contribution in [0.2, 0.25) is 0 Å². The number of tetrazole rings is 1. The van der Waals surface area contributed by atoms with Gasteiger partial charge >= 0.3 is 5.92 Å². The summed E-state index contributed by atoms with van der Waals surface area (Å²) >= 11 is 0. The Morgan fingerprint density at radius 2 is 2.00 bits per heavy atom. The van der Waals surface area contributed by atoms with Crippen LogP contribution in [0.25, 0.3) is 0 Å². The first-order valence-electron chi connectivity index (χ1n) is 7.26. The summed E-state index contributed by atoms with van der Waals surface area (Å²) in [5.41, 5.74) is -4.99. The lowest BCUT2D eigenvalue weighted by molar-refractivity contribution is -0.154. The molecule has 1 aliphatic heterocycles. The standard InChI is InChI=1S/C15H11F4N5O2/c16-9-1-3-11(12(17)5-9)14(26,7-24-8-21-22-23-24)15(18,19)13-4-2-10(25)6-20-13/h1-5,8,26H,6-7H2. The van der Waals surface area contributed by atoms with E-state index in [4.69, 9.17) is 0 Å². The van der Waals surface area contributed by atoms with Crippen LogP contribution >= 0.6 is 0 Å². The Morgan fingerprint density at radius 3 is 2.58 bits per heavy atom. The molecule has 0 aliphatic carbocycles. The Kier molecular flexibility index (Phi) is 4.40. The number of ketones is 1. The number of aliphatic hydroxyl groups is 1. The number of alkyl halides is 2. The predicted octanol–water partition coefficient (Wildman–Crippen LogP) is 1.05. The van der Waals surface area contributed by atoms with Crippen LogP contribution in [0.4, 0.5) is 17.6 Å². The van der Waals surface area contributed by atoms with Gasteiger partial charge in [-0.1, -0.05) is 0 Å². The minimum absolute atomic E-state index is 0.373. The summed E-state index contributed by atoms with van der Waals surface area (Å²) in [7, 11) is 0. The van der Waals surface area contributed by atoms with Crippen molar-refractivity contribution >= 4 is 11.5 Å². The van der Waals surface area contributed by atoms with Crippen LogP contribution in [0, 0.1) is 11.6 Å². The lowest BCUT2D eigenvalue weighted by Gasteiger charge is -2.36. The number of aliphatic imine (C=N–C) groups is 1. The van der Waals surface area contributed by atoms with E-state index >= 15 is 8.78 Å². The fourth-order valence-electron chi connectivity index (χ4n) is 2.52. The van der Waals surface area contributed by atoms with Crippen molar-refractivity contribution in [2.45, 2.75) is 18.1 Å². The average Bonchev–Trinajstić information content (AvgIpc) is 3.07. The minimum atomic E-state index is -4.14.